The van der Waals surface area contributed by atoms with E-state index in [1.165, 1.54) is 0 Å². The first-order valence-corrected chi connectivity index (χ1v) is 5.60. The molecule has 1 aliphatic rings. The number of hydrogen-bond donors (Lipinski definition) is 2. The van der Waals surface area contributed by atoms with Gasteiger partial charge in [0, 0.05) is 13.0 Å². The third kappa shape index (κ3) is 3.08. The van der Waals surface area contributed by atoms with E-state index < -0.39 is 11.4 Å². The van der Waals surface area contributed by atoms with Gasteiger partial charge in [0.1, 0.15) is 0 Å². The fourth-order valence-corrected chi connectivity index (χ4v) is 1.81. The van der Waals surface area contributed by atoms with E-state index in [2.05, 4.69) is 5.32 Å². The molecular weight excluding hydrogens is 206 g/mol. The molecule has 1 rings (SSSR count). The van der Waals surface area contributed by atoms with Crippen molar-refractivity contribution in [3.63, 3.8) is 0 Å². The van der Waals surface area contributed by atoms with Gasteiger partial charge in [-0.2, -0.15) is 0 Å². The van der Waals surface area contributed by atoms with Gasteiger partial charge >= 0.3 is 5.97 Å². The zero-order chi connectivity index (χ0) is 12.2. The van der Waals surface area contributed by atoms with Gasteiger partial charge in [0.15, 0.2) is 0 Å². The van der Waals surface area contributed by atoms with Gasteiger partial charge < -0.3 is 10.4 Å². The number of aliphatic carboxylic acids is 1. The third-order valence-corrected chi connectivity index (χ3v) is 3.07. The van der Waals surface area contributed by atoms with E-state index in [-0.39, 0.29) is 12.3 Å². The Hall–Kier alpha value is -1.32. The molecule has 0 aromatic carbocycles. The lowest BCUT2D eigenvalue weighted by Gasteiger charge is -2.36. The maximum Gasteiger partial charge on any atom is 0.310 e. The molecule has 1 fully saturated rings. The SMILES string of the molecule is CC(C)=CCNC(=O)CC1(C(=O)O)CCC1. The maximum atomic E-state index is 11.5. The Labute approximate surface area is 95.7 Å². The van der Waals surface area contributed by atoms with Crippen molar-refractivity contribution in [2.75, 3.05) is 6.54 Å². The van der Waals surface area contributed by atoms with Crippen molar-refractivity contribution in [2.24, 2.45) is 5.41 Å². The van der Waals surface area contributed by atoms with Crippen LogP contribution in [0.3, 0.4) is 0 Å². The summed E-state index contributed by atoms with van der Waals surface area (Å²) in [4.78, 5) is 22.6. The van der Waals surface area contributed by atoms with Crippen molar-refractivity contribution in [3.05, 3.63) is 11.6 Å². The third-order valence-electron chi connectivity index (χ3n) is 3.07. The fourth-order valence-electron chi connectivity index (χ4n) is 1.81. The molecular formula is C12H19NO3. The van der Waals surface area contributed by atoms with Crippen LogP contribution in [0.15, 0.2) is 11.6 Å². The van der Waals surface area contributed by atoms with Crippen LogP contribution in [-0.4, -0.2) is 23.5 Å². The highest BCUT2D eigenvalue weighted by Crippen LogP contribution is 2.44. The molecule has 0 spiro atoms. The fraction of sp³-hybridized carbons (Fsp3) is 0.667. The van der Waals surface area contributed by atoms with Crippen molar-refractivity contribution in [3.8, 4) is 0 Å². The molecule has 0 saturated heterocycles. The highest BCUT2D eigenvalue weighted by atomic mass is 16.4. The zero-order valence-electron chi connectivity index (χ0n) is 9.88. The van der Waals surface area contributed by atoms with E-state index in [1.807, 2.05) is 19.9 Å². The summed E-state index contributed by atoms with van der Waals surface area (Å²) in [6, 6.07) is 0. The highest BCUT2D eigenvalue weighted by molar-refractivity contribution is 5.85. The van der Waals surface area contributed by atoms with E-state index in [0.717, 1.165) is 12.0 Å². The first-order valence-electron chi connectivity index (χ1n) is 5.60. The number of allylic oxidation sites excluding steroid dienone is 1. The van der Waals surface area contributed by atoms with Crippen LogP contribution in [0.4, 0.5) is 0 Å². The molecule has 0 aromatic heterocycles. The van der Waals surface area contributed by atoms with Crippen LogP contribution >= 0.6 is 0 Å². The Morgan fingerprint density at radius 1 is 1.38 bits per heavy atom. The minimum Gasteiger partial charge on any atom is -0.481 e. The summed E-state index contributed by atoms with van der Waals surface area (Å²) in [6.45, 7) is 4.39. The van der Waals surface area contributed by atoms with Crippen LogP contribution in [0.2, 0.25) is 0 Å². The Balaban J connectivity index is 2.39. The number of carboxylic acid groups (broad SMARTS) is 1. The van der Waals surface area contributed by atoms with Crippen LogP contribution in [0, 0.1) is 5.41 Å². The predicted molar refractivity (Wildman–Crippen MR) is 61.0 cm³/mol. The standard InChI is InChI=1S/C12H19NO3/c1-9(2)4-7-13-10(14)8-12(11(15)16)5-3-6-12/h4H,3,5-8H2,1-2H3,(H,13,14)(H,15,16). The number of amides is 1. The quantitative estimate of drug-likeness (QED) is 0.700. The normalized spacial score (nSPS) is 17.1. The second-order valence-corrected chi connectivity index (χ2v) is 4.70. The molecule has 4 heteroatoms. The predicted octanol–water partition coefficient (Wildman–Crippen LogP) is 1.71. The molecule has 0 unspecified atom stereocenters. The van der Waals surface area contributed by atoms with Crippen LogP contribution < -0.4 is 5.32 Å². The molecule has 4 nitrogen and oxygen atoms in total. The van der Waals surface area contributed by atoms with Crippen molar-refractivity contribution < 1.29 is 14.7 Å². The van der Waals surface area contributed by atoms with Gasteiger partial charge in [-0.05, 0) is 26.7 Å². The summed E-state index contributed by atoms with van der Waals surface area (Å²) in [6.07, 6.45) is 4.18. The zero-order valence-corrected chi connectivity index (χ0v) is 9.88. The minimum absolute atomic E-state index is 0.110. The van der Waals surface area contributed by atoms with E-state index in [1.54, 1.807) is 0 Å². The second kappa shape index (κ2) is 5.14. The van der Waals surface area contributed by atoms with Crippen molar-refractivity contribution in [1.29, 1.82) is 0 Å². The summed E-state index contributed by atoms with van der Waals surface area (Å²) >= 11 is 0. The van der Waals surface area contributed by atoms with Gasteiger partial charge in [-0.1, -0.05) is 18.1 Å². The summed E-state index contributed by atoms with van der Waals surface area (Å²) in [7, 11) is 0. The smallest absolute Gasteiger partial charge is 0.310 e. The first-order chi connectivity index (χ1) is 7.46. The van der Waals surface area contributed by atoms with Gasteiger partial charge in [-0.3, -0.25) is 9.59 Å². The average Bonchev–Trinajstić information content (AvgIpc) is 2.10. The Kier molecular flexibility index (Phi) is 4.10. The highest BCUT2D eigenvalue weighted by Gasteiger charge is 2.45. The molecule has 2 N–H and O–H groups in total. The number of carbonyl (C=O) groups excluding carboxylic acids is 1. The summed E-state index contributed by atoms with van der Waals surface area (Å²) in [5.74, 6) is -1.00. The minimum atomic E-state index is -0.837. The van der Waals surface area contributed by atoms with E-state index in [0.29, 0.717) is 19.4 Å². The lowest BCUT2D eigenvalue weighted by Crippen LogP contribution is -2.42. The van der Waals surface area contributed by atoms with E-state index in [4.69, 9.17) is 5.11 Å². The van der Waals surface area contributed by atoms with Gasteiger partial charge in [0.2, 0.25) is 5.91 Å². The molecule has 0 aromatic rings. The number of rotatable bonds is 5. The van der Waals surface area contributed by atoms with Gasteiger partial charge in [0.05, 0.1) is 5.41 Å². The van der Waals surface area contributed by atoms with Crippen molar-refractivity contribution in [2.45, 2.75) is 39.5 Å². The number of hydrogen-bond acceptors (Lipinski definition) is 2. The summed E-state index contributed by atoms with van der Waals surface area (Å²) in [5, 5.41) is 11.8. The van der Waals surface area contributed by atoms with Crippen LogP contribution in [0.5, 0.6) is 0 Å². The molecule has 0 bridgehead atoms. The van der Waals surface area contributed by atoms with Crippen LogP contribution in [0.1, 0.15) is 39.5 Å². The summed E-state index contributed by atoms with van der Waals surface area (Å²) < 4.78 is 0. The molecule has 1 amide bonds. The molecule has 0 radical (unpaired) electrons. The van der Waals surface area contributed by atoms with Crippen molar-refractivity contribution >= 4 is 11.9 Å². The second-order valence-electron chi connectivity index (χ2n) is 4.70. The van der Waals surface area contributed by atoms with E-state index in [9.17, 15) is 9.59 Å². The molecule has 0 heterocycles. The Morgan fingerprint density at radius 3 is 2.38 bits per heavy atom. The van der Waals surface area contributed by atoms with Crippen LogP contribution in [-0.2, 0) is 9.59 Å². The number of carbonyl (C=O) groups is 2. The molecule has 0 aliphatic heterocycles. The average molecular weight is 225 g/mol. The first kappa shape index (κ1) is 12.7. The molecule has 1 aliphatic carbocycles. The van der Waals surface area contributed by atoms with Crippen LogP contribution in [0.25, 0.3) is 0 Å². The van der Waals surface area contributed by atoms with Crippen molar-refractivity contribution in [1.82, 2.24) is 5.32 Å². The molecule has 90 valence electrons. The maximum absolute atomic E-state index is 11.5. The van der Waals surface area contributed by atoms with E-state index >= 15 is 0 Å². The Morgan fingerprint density at radius 2 is 2.00 bits per heavy atom. The lowest BCUT2D eigenvalue weighted by atomic mass is 9.66. The monoisotopic (exact) mass is 225 g/mol. The molecule has 1 saturated carbocycles. The number of carboxylic acids is 1. The number of nitrogens with one attached hydrogen (secondary N) is 1. The topological polar surface area (TPSA) is 66.4 Å². The summed E-state index contributed by atoms with van der Waals surface area (Å²) in [5.41, 5.74) is 0.353. The molecule has 16 heavy (non-hydrogen) atoms. The van der Waals surface area contributed by atoms with Gasteiger partial charge in [-0.25, -0.2) is 0 Å². The largest absolute Gasteiger partial charge is 0.481 e. The van der Waals surface area contributed by atoms with Gasteiger partial charge in [-0.15, -0.1) is 0 Å². The lowest BCUT2D eigenvalue weighted by molar-refractivity contribution is -0.157. The Bertz CT molecular complexity index is 312. The molecule has 0 atom stereocenters. The van der Waals surface area contributed by atoms with Gasteiger partial charge in [0.25, 0.3) is 0 Å².